The van der Waals surface area contributed by atoms with E-state index in [1.807, 2.05) is 61.0 Å². The van der Waals surface area contributed by atoms with Crippen LogP contribution in [0.3, 0.4) is 0 Å². The Morgan fingerprint density at radius 2 is 1.83 bits per heavy atom. The van der Waals surface area contributed by atoms with E-state index in [4.69, 9.17) is 0 Å². The average Bonchev–Trinajstić information content (AvgIpc) is 3.56. The van der Waals surface area contributed by atoms with E-state index in [-0.39, 0.29) is 11.7 Å². The summed E-state index contributed by atoms with van der Waals surface area (Å²) in [6.07, 6.45) is 2.58. The Kier molecular flexibility index (Phi) is 5.95. The highest BCUT2D eigenvalue weighted by atomic mass is 19.1. The first kappa shape index (κ1) is 20.3. The van der Waals surface area contributed by atoms with Gasteiger partial charge in [-0.1, -0.05) is 36.4 Å². The molecule has 0 bridgehead atoms. The first-order valence-electron chi connectivity index (χ1n) is 10.4. The molecule has 1 aliphatic rings. The van der Waals surface area contributed by atoms with Crippen molar-refractivity contribution in [2.24, 2.45) is 0 Å². The van der Waals surface area contributed by atoms with Crippen LogP contribution in [-0.4, -0.2) is 33.2 Å². The molecule has 1 heterocycles. The summed E-state index contributed by atoms with van der Waals surface area (Å²) in [5, 5.41) is 7.62. The van der Waals surface area contributed by atoms with Gasteiger partial charge in [0.05, 0.1) is 22.8 Å². The third-order valence-electron chi connectivity index (χ3n) is 5.58. The fourth-order valence-corrected chi connectivity index (χ4v) is 3.77. The lowest BCUT2D eigenvalue weighted by Gasteiger charge is -2.22. The summed E-state index contributed by atoms with van der Waals surface area (Å²) < 4.78 is 15.9. The maximum absolute atomic E-state index is 14.0. The minimum absolute atomic E-state index is 0.0482. The van der Waals surface area contributed by atoms with E-state index in [9.17, 15) is 9.18 Å². The van der Waals surface area contributed by atoms with Gasteiger partial charge in [0.25, 0.3) is 0 Å². The van der Waals surface area contributed by atoms with Crippen LogP contribution in [0.25, 0.3) is 5.69 Å². The molecule has 0 aliphatic heterocycles. The van der Waals surface area contributed by atoms with Crippen molar-refractivity contribution in [1.82, 2.24) is 14.7 Å². The summed E-state index contributed by atoms with van der Waals surface area (Å²) in [7, 11) is 0. The van der Waals surface area contributed by atoms with Crippen molar-refractivity contribution < 1.29 is 9.18 Å². The molecule has 3 aromatic rings. The number of rotatable bonds is 8. The Morgan fingerprint density at radius 3 is 2.53 bits per heavy atom. The van der Waals surface area contributed by atoms with Crippen LogP contribution in [0.2, 0.25) is 0 Å². The van der Waals surface area contributed by atoms with Crippen LogP contribution in [0.5, 0.6) is 0 Å². The third-order valence-corrected chi connectivity index (χ3v) is 5.58. The van der Waals surface area contributed by atoms with Gasteiger partial charge in [-0.15, -0.1) is 0 Å². The van der Waals surface area contributed by atoms with Gasteiger partial charge in [0.15, 0.2) is 0 Å². The zero-order valence-corrected chi connectivity index (χ0v) is 17.4. The molecule has 1 N–H and O–H groups in total. The number of halogens is 1. The molecule has 1 fully saturated rings. The van der Waals surface area contributed by atoms with Gasteiger partial charge in [0.2, 0.25) is 5.91 Å². The van der Waals surface area contributed by atoms with Gasteiger partial charge in [-0.3, -0.25) is 9.69 Å². The number of para-hydroxylation sites is 1. The number of amides is 1. The van der Waals surface area contributed by atoms with Crippen molar-refractivity contribution in [1.29, 1.82) is 0 Å². The number of nitrogens with zero attached hydrogens (tertiary/aromatic N) is 3. The maximum Gasteiger partial charge on any atom is 0.225 e. The lowest BCUT2D eigenvalue weighted by molar-refractivity contribution is -0.116. The van der Waals surface area contributed by atoms with Crippen LogP contribution >= 0.6 is 0 Å². The van der Waals surface area contributed by atoms with Gasteiger partial charge in [0, 0.05) is 31.1 Å². The highest BCUT2D eigenvalue weighted by Crippen LogP contribution is 2.29. The Hall–Kier alpha value is -2.99. The molecule has 4 rings (SSSR count). The van der Waals surface area contributed by atoms with E-state index >= 15 is 0 Å². The van der Waals surface area contributed by atoms with E-state index < -0.39 is 0 Å². The number of carbonyl (C=O) groups excluding carboxylic acids is 1. The highest BCUT2D eigenvalue weighted by molar-refractivity contribution is 5.92. The molecule has 1 amide bonds. The van der Waals surface area contributed by atoms with Crippen molar-refractivity contribution in [3.8, 4) is 5.69 Å². The van der Waals surface area contributed by atoms with E-state index in [1.165, 1.54) is 6.07 Å². The summed E-state index contributed by atoms with van der Waals surface area (Å²) in [4.78, 5) is 14.9. The molecule has 0 atom stereocenters. The van der Waals surface area contributed by atoms with Crippen LogP contribution < -0.4 is 5.32 Å². The number of hydrogen-bond donors (Lipinski definition) is 1. The zero-order chi connectivity index (χ0) is 21.1. The fourth-order valence-electron chi connectivity index (χ4n) is 3.77. The molecule has 5 nitrogen and oxygen atoms in total. The molecule has 0 radical (unpaired) electrons. The van der Waals surface area contributed by atoms with Crippen LogP contribution in [-0.2, 0) is 11.3 Å². The Bertz CT molecular complexity index is 1030. The normalized spacial score (nSPS) is 13.6. The minimum Gasteiger partial charge on any atom is -0.323 e. The summed E-state index contributed by atoms with van der Waals surface area (Å²) in [6, 6.07) is 17.2. The van der Waals surface area contributed by atoms with Crippen LogP contribution in [0.1, 0.15) is 36.2 Å². The molecule has 30 heavy (non-hydrogen) atoms. The molecule has 1 aliphatic carbocycles. The first-order valence-corrected chi connectivity index (χ1v) is 10.4. The van der Waals surface area contributed by atoms with Gasteiger partial charge in [-0.25, -0.2) is 9.07 Å². The van der Waals surface area contributed by atoms with E-state index in [2.05, 4.69) is 15.3 Å². The van der Waals surface area contributed by atoms with Crippen LogP contribution in [0.15, 0.2) is 54.6 Å². The zero-order valence-electron chi connectivity index (χ0n) is 17.4. The highest BCUT2D eigenvalue weighted by Gasteiger charge is 2.29. The van der Waals surface area contributed by atoms with E-state index in [0.717, 1.165) is 35.6 Å². The number of anilines is 1. The Morgan fingerprint density at radius 1 is 1.13 bits per heavy atom. The second-order valence-corrected chi connectivity index (χ2v) is 7.88. The fraction of sp³-hybridized carbons (Fsp3) is 0.333. The SMILES string of the molecule is Cc1nn(-c2ccccc2)c(C)c1NC(=O)CCN(Cc1ccccc1F)C1CC1. The maximum atomic E-state index is 14.0. The van der Waals surface area contributed by atoms with Crippen molar-refractivity contribution in [2.45, 2.75) is 45.7 Å². The second-order valence-electron chi connectivity index (χ2n) is 7.88. The summed E-state index contributed by atoms with van der Waals surface area (Å²) in [5.74, 6) is -0.236. The minimum atomic E-state index is -0.188. The van der Waals surface area contributed by atoms with Gasteiger partial charge >= 0.3 is 0 Å². The Labute approximate surface area is 176 Å². The van der Waals surface area contributed by atoms with Gasteiger partial charge in [0.1, 0.15) is 5.82 Å². The van der Waals surface area contributed by atoms with Crippen LogP contribution in [0, 0.1) is 19.7 Å². The van der Waals surface area contributed by atoms with Gasteiger partial charge < -0.3 is 5.32 Å². The predicted octanol–water partition coefficient (Wildman–Crippen LogP) is 4.62. The smallest absolute Gasteiger partial charge is 0.225 e. The summed E-state index contributed by atoms with van der Waals surface area (Å²) in [6.45, 7) is 5.00. The van der Waals surface area contributed by atoms with Gasteiger partial charge in [-0.05, 0) is 44.9 Å². The lowest BCUT2D eigenvalue weighted by atomic mass is 10.2. The first-order chi connectivity index (χ1) is 14.5. The number of benzene rings is 2. The standard InChI is InChI=1S/C24H27FN4O/c1-17-24(18(2)29(27-17)21-9-4-3-5-10-21)26-23(30)14-15-28(20-12-13-20)16-19-8-6-7-11-22(19)25/h3-11,20H,12-16H2,1-2H3,(H,26,30). The second kappa shape index (κ2) is 8.79. The lowest BCUT2D eigenvalue weighted by Crippen LogP contribution is -2.30. The average molecular weight is 407 g/mol. The molecule has 1 saturated carbocycles. The number of aryl methyl sites for hydroxylation is 1. The number of aromatic nitrogens is 2. The number of nitrogens with one attached hydrogen (secondary N) is 1. The van der Waals surface area contributed by atoms with Crippen molar-refractivity contribution in [3.05, 3.63) is 77.4 Å². The molecular formula is C24H27FN4O. The molecular weight excluding hydrogens is 379 g/mol. The quantitative estimate of drug-likeness (QED) is 0.594. The molecule has 0 saturated heterocycles. The number of carbonyl (C=O) groups is 1. The molecule has 6 heteroatoms. The van der Waals surface area contributed by atoms with Crippen molar-refractivity contribution in [2.75, 3.05) is 11.9 Å². The topological polar surface area (TPSA) is 50.2 Å². The summed E-state index contributed by atoms with van der Waals surface area (Å²) in [5.41, 5.74) is 4.09. The van der Waals surface area contributed by atoms with Crippen molar-refractivity contribution >= 4 is 11.6 Å². The van der Waals surface area contributed by atoms with Crippen molar-refractivity contribution in [3.63, 3.8) is 0 Å². The van der Waals surface area contributed by atoms with Gasteiger partial charge in [-0.2, -0.15) is 5.10 Å². The van der Waals surface area contributed by atoms with Crippen LogP contribution in [0.4, 0.5) is 10.1 Å². The molecule has 2 aromatic carbocycles. The summed E-state index contributed by atoms with van der Waals surface area (Å²) >= 11 is 0. The number of hydrogen-bond acceptors (Lipinski definition) is 3. The molecule has 0 spiro atoms. The third kappa shape index (κ3) is 4.60. The Balaban J connectivity index is 1.40. The van der Waals surface area contributed by atoms with E-state index in [1.54, 1.807) is 6.07 Å². The molecule has 156 valence electrons. The largest absolute Gasteiger partial charge is 0.323 e. The molecule has 0 unspecified atom stereocenters. The predicted molar refractivity (Wildman–Crippen MR) is 116 cm³/mol. The molecule has 1 aromatic heterocycles. The van der Waals surface area contributed by atoms with E-state index in [0.29, 0.717) is 31.1 Å². The monoisotopic (exact) mass is 406 g/mol.